The molecule has 0 aromatic heterocycles. The lowest BCUT2D eigenvalue weighted by molar-refractivity contribution is 0.414. The van der Waals surface area contributed by atoms with Crippen molar-refractivity contribution in [1.29, 1.82) is 0 Å². The van der Waals surface area contributed by atoms with Gasteiger partial charge in [-0.1, -0.05) is 18.2 Å². The van der Waals surface area contributed by atoms with Gasteiger partial charge in [0, 0.05) is 16.7 Å². The molecule has 2 N–H and O–H groups in total. The van der Waals surface area contributed by atoms with Crippen molar-refractivity contribution in [2.24, 2.45) is 5.73 Å². The molecule has 0 aliphatic heterocycles. The molecule has 0 saturated heterocycles. The molecule has 0 amide bonds. The molecule has 3 nitrogen and oxygen atoms in total. The molecule has 2 aromatic rings. The van der Waals surface area contributed by atoms with Crippen LogP contribution in [0, 0.1) is 5.82 Å². The van der Waals surface area contributed by atoms with E-state index in [9.17, 15) is 8.60 Å². The van der Waals surface area contributed by atoms with E-state index in [4.69, 9.17) is 10.5 Å². The summed E-state index contributed by atoms with van der Waals surface area (Å²) in [5, 5.41) is 0. The zero-order chi connectivity index (χ0) is 14.5. The van der Waals surface area contributed by atoms with Crippen molar-refractivity contribution < 1.29 is 13.3 Å². The van der Waals surface area contributed by atoms with E-state index in [-0.39, 0.29) is 5.75 Å². The smallest absolute Gasteiger partial charge is 0.124 e. The van der Waals surface area contributed by atoms with Crippen LogP contribution >= 0.6 is 0 Å². The molecular formula is C15H16FNO2S. The fourth-order valence-corrected chi connectivity index (χ4v) is 3.02. The van der Waals surface area contributed by atoms with Gasteiger partial charge in [-0.15, -0.1) is 0 Å². The van der Waals surface area contributed by atoms with Crippen molar-refractivity contribution in [2.75, 3.05) is 12.9 Å². The van der Waals surface area contributed by atoms with Gasteiger partial charge < -0.3 is 10.5 Å². The van der Waals surface area contributed by atoms with Crippen molar-refractivity contribution in [1.82, 2.24) is 0 Å². The summed E-state index contributed by atoms with van der Waals surface area (Å²) in [5.74, 6) is 0.539. The Morgan fingerprint density at radius 2 is 2.00 bits per heavy atom. The average molecular weight is 293 g/mol. The van der Waals surface area contributed by atoms with Crippen molar-refractivity contribution in [3.63, 3.8) is 0 Å². The van der Waals surface area contributed by atoms with Crippen LogP contribution in [-0.2, 0) is 10.8 Å². The summed E-state index contributed by atoms with van der Waals surface area (Å²) < 4.78 is 30.4. The molecule has 20 heavy (non-hydrogen) atoms. The molecule has 0 heterocycles. The SMILES string of the molecule is COc1cccc(C(N)CS(=O)c2cccc(F)c2)c1. The summed E-state index contributed by atoms with van der Waals surface area (Å²) in [7, 11) is 0.240. The van der Waals surface area contributed by atoms with Crippen LogP contribution in [0.15, 0.2) is 53.4 Å². The third-order valence-electron chi connectivity index (χ3n) is 2.91. The van der Waals surface area contributed by atoms with Crippen LogP contribution in [-0.4, -0.2) is 17.1 Å². The minimum Gasteiger partial charge on any atom is -0.497 e. The van der Waals surface area contributed by atoms with Crippen LogP contribution in [0.4, 0.5) is 4.39 Å². The first kappa shape index (κ1) is 14.7. The highest BCUT2D eigenvalue weighted by Crippen LogP contribution is 2.20. The van der Waals surface area contributed by atoms with Crippen molar-refractivity contribution >= 4 is 10.8 Å². The number of hydrogen-bond donors (Lipinski definition) is 1. The predicted octanol–water partition coefficient (Wildman–Crippen LogP) is 2.64. The van der Waals surface area contributed by atoms with Crippen LogP contribution in [0.3, 0.4) is 0 Å². The number of rotatable bonds is 5. The van der Waals surface area contributed by atoms with Gasteiger partial charge in [0.15, 0.2) is 0 Å². The molecule has 0 fully saturated rings. The Kier molecular flexibility index (Phi) is 4.87. The molecule has 2 unspecified atom stereocenters. The molecule has 5 heteroatoms. The van der Waals surface area contributed by atoms with Gasteiger partial charge in [-0.25, -0.2) is 4.39 Å². The lowest BCUT2D eigenvalue weighted by Crippen LogP contribution is -2.18. The van der Waals surface area contributed by atoms with Gasteiger partial charge >= 0.3 is 0 Å². The van der Waals surface area contributed by atoms with Crippen molar-refractivity contribution in [3.8, 4) is 5.75 Å². The third kappa shape index (κ3) is 3.65. The molecule has 2 aromatic carbocycles. The Hall–Kier alpha value is -1.72. The van der Waals surface area contributed by atoms with Gasteiger partial charge in [0.05, 0.1) is 17.9 Å². The van der Waals surface area contributed by atoms with Crippen molar-refractivity contribution in [2.45, 2.75) is 10.9 Å². The summed E-state index contributed by atoms with van der Waals surface area (Å²) in [6.45, 7) is 0. The first-order valence-corrected chi connectivity index (χ1v) is 7.45. The second-order valence-electron chi connectivity index (χ2n) is 4.35. The van der Waals surface area contributed by atoms with E-state index >= 15 is 0 Å². The Labute approximate surface area is 120 Å². The predicted molar refractivity (Wildman–Crippen MR) is 77.6 cm³/mol. The maximum Gasteiger partial charge on any atom is 0.124 e. The number of ether oxygens (including phenoxy) is 1. The number of benzene rings is 2. The van der Waals surface area contributed by atoms with Gasteiger partial charge in [0.1, 0.15) is 11.6 Å². The highest BCUT2D eigenvalue weighted by molar-refractivity contribution is 7.85. The van der Waals surface area contributed by atoms with Gasteiger partial charge in [-0.2, -0.15) is 0 Å². The Balaban J connectivity index is 2.10. The number of hydrogen-bond acceptors (Lipinski definition) is 3. The summed E-state index contributed by atoms with van der Waals surface area (Å²) >= 11 is 0. The maximum atomic E-state index is 13.1. The van der Waals surface area contributed by atoms with Gasteiger partial charge in [-0.3, -0.25) is 4.21 Å². The second-order valence-corrected chi connectivity index (χ2v) is 5.85. The number of nitrogens with two attached hydrogens (primary N) is 1. The Morgan fingerprint density at radius 3 is 2.70 bits per heavy atom. The van der Waals surface area contributed by atoms with E-state index in [0.717, 1.165) is 5.56 Å². The molecule has 2 rings (SSSR count). The van der Waals surface area contributed by atoms with Crippen molar-refractivity contribution in [3.05, 3.63) is 59.9 Å². The quantitative estimate of drug-likeness (QED) is 0.922. The molecule has 0 saturated carbocycles. The van der Waals surface area contributed by atoms with Gasteiger partial charge in [-0.05, 0) is 35.9 Å². The lowest BCUT2D eigenvalue weighted by Gasteiger charge is -2.13. The summed E-state index contributed by atoms with van der Waals surface area (Å²) in [4.78, 5) is 0.448. The first-order chi connectivity index (χ1) is 9.60. The van der Waals surface area contributed by atoms with Crippen LogP contribution in [0.1, 0.15) is 11.6 Å². The van der Waals surface area contributed by atoms with E-state index in [2.05, 4.69) is 0 Å². The van der Waals surface area contributed by atoms with E-state index in [1.807, 2.05) is 24.3 Å². The zero-order valence-corrected chi connectivity index (χ0v) is 11.9. The largest absolute Gasteiger partial charge is 0.497 e. The molecule has 0 spiro atoms. The molecule has 0 bridgehead atoms. The van der Waals surface area contributed by atoms with Crippen LogP contribution in [0.2, 0.25) is 0 Å². The average Bonchev–Trinajstić information content (AvgIpc) is 2.47. The van der Waals surface area contributed by atoms with Gasteiger partial charge in [0.2, 0.25) is 0 Å². The highest BCUT2D eigenvalue weighted by Gasteiger charge is 2.13. The van der Waals surface area contributed by atoms with Gasteiger partial charge in [0.25, 0.3) is 0 Å². The summed E-state index contributed by atoms with van der Waals surface area (Å²) in [6, 6.07) is 12.7. The summed E-state index contributed by atoms with van der Waals surface area (Å²) in [6.07, 6.45) is 0. The fraction of sp³-hybridized carbons (Fsp3) is 0.200. The standard InChI is InChI=1S/C15H16FNO2S/c1-19-13-6-2-4-11(8-13)15(17)10-20(18)14-7-3-5-12(16)9-14/h2-9,15H,10,17H2,1H3. The number of methoxy groups -OCH3 is 1. The molecule has 106 valence electrons. The van der Waals surface area contributed by atoms with E-state index in [1.165, 1.54) is 12.1 Å². The Morgan fingerprint density at radius 1 is 1.25 bits per heavy atom. The second kappa shape index (κ2) is 6.63. The normalized spacial score (nSPS) is 13.8. The maximum absolute atomic E-state index is 13.1. The minimum atomic E-state index is -1.34. The topological polar surface area (TPSA) is 52.3 Å². The lowest BCUT2D eigenvalue weighted by atomic mass is 10.1. The van der Waals surface area contributed by atoms with E-state index in [1.54, 1.807) is 19.2 Å². The molecular weight excluding hydrogens is 277 g/mol. The Bertz CT molecular complexity index is 618. The van der Waals surface area contributed by atoms with E-state index < -0.39 is 22.7 Å². The first-order valence-electron chi connectivity index (χ1n) is 6.13. The van der Waals surface area contributed by atoms with E-state index in [0.29, 0.717) is 10.6 Å². The van der Waals surface area contributed by atoms with Crippen LogP contribution < -0.4 is 10.5 Å². The highest BCUT2D eigenvalue weighted by atomic mass is 32.2. The molecule has 2 atom stereocenters. The number of halogens is 1. The molecule has 0 aliphatic carbocycles. The van der Waals surface area contributed by atoms with Crippen LogP contribution in [0.5, 0.6) is 5.75 Å². The molecule has 0 aliphatic rings. The van der Waals surface area contributed by atoms with Crippen LogP contribution in [0.25, 0.3) is 0 Å². The zero-order valence-electron chi connectivity index (χ0n) is 11.1. The molecule has 0 radical (unpaired) electrons. The third-order valence-corrected chi connectivity index (χ3v) is 4.35. The fourth-order valence-electron chi connectivity index (χ4n) is 1.84. The monoisotopic (exact) mass is 293 g/mol. The summed E-state index contributed by atoms with van der Waals surface area (Å²) in [5.41, 5.74) is 6.89. The minimum absolute atomic E-state index is 0.233.